The second-order valence-electron chi connectivity index (χ2n) is 7.66. The van der Waals surface area contributed by atoms with Crippen LogP contribution in [-0.4, -0.2) is 30.6 Å². The van der Waals surface area contributed by atoms with Gasteiger partial charge in [0.15, 0.2) is 0 Å². The van der Waals surface area contributed by atoms with Crippen LogP contribution in [-0.2, 0) is 5.60 Å². The number of hydrogen-bond donors (Lipinski definition) is 1. The summed E-state index contributed by atoms with van der Waals surface area (Å²) in [6, 6.07) is 15.1. The minimum absolute atomic E-state index is 0.0751. The Morgan fingerprint density at radius 3 is 2.58 bits per heavy atom. The van der Waals surface area contributed by atoms with Crippen molar-refractivity contribution in [3.8, 4) is 0 Å². The van der Waals surface area contributed by atoms with Gasteiger partial charge in [0.25, 0.3) is 0 Å². The smallest absolute Gasteiger partial charge is 0.126 e. The second kappa shape index (κ2) is 7.73. The quantitative estimate of drug-likeness (QED) is 0.856. The van der Waals surface area contributed by atoms with Crippen LogP contribution in [0.25, 0.3) is 6.08 Å². The van der Waals surface area contributed by atoms with E-state index in [9.17, 15) is 9.50 Å². The van der Waals surface area contributed by atoms with Crippen LogP contribution >= 0.6 is 0 Å². The lowest BCUT2D eigenvalue weighted by Gasteiger charge is -2.44. The molecule has 3 heteroatoms. The van der Waals surface area contributed by atoms with Crippen molar-refractivity contribution >= 4 is 6.08 Å². The van der Waals surface area contributed by atoms with Crippen molar-refractivity contribution in [2.24, 2.45) is 5.92 Å². The van der Waals surface area contributed by atoms with E-state index < -0.39 is 5.60 Å². The summed E-state index contributed by atoms with van der Waals surface area (Å²) in [7, 11) is 4.07. The summed E-state index contributed by atoms with van der Waals surface area (Å²) in [6.07, 6.45) is 4.98. The third kappa shape index (κ3) is 3.74. The summed E-state index contributed by atoms with van der Waals surface area (Å²) in [5.41, 5.74) is 2.41. The minimum Gasteiger partial charge on any atom is -0.380 e. The normalized spacial score (nSPS) is 25.0. The van der Waals surface area contributed by atoms with Gasteiger partial charge in [0.05, 0.1) is 0 Å². The van der Waals surface area contributed by atoms with E-state index in [2.05, 4.69) is 23.1 Å². The van der Waals surface area contributed by atoms with Gasteiger partial charge in [-0.2, -0.15) is 0 Å². The Morgan fingerprint density at radius 1 is 1.19 bits per heavy atom. The molecule has 26 heavy (non-hydrogen) atoms. The molecule has 2 aromatic rings. The first-order chi connectivity index (χ1) is 12.4. The first-order valence-corrected chi connectivity index (χ1v) is 9.31. The van der Waals surface area contributed by atoms with Gasteiger partial charge in [0, 0.05) is 12.5 Å². The molecule has 2 nitrogen and oxygen atoms in total. The van der Waals surface area contributed by atoms with E-state index in [0.29, 0.717) is 5.56 Å². The molecule has 0 bridgehead atoms. The van der Waals surface area contributed by atoms with Gasteiger partial charge in [-0.15, -0.1) is 0 Å². The molecule has 2 unspecified atom stereocenters. The molecule has 2 aromatic carbocycles. The molecule has 0 saturated heterocycles. The molecule has 0 aromatic heterocycles. The minimum atomic E-state index is -1.07. The lowest BCUT2D eigenvalue weighted by Crippen LogP contribution is -2.44. The number of rotatable bonds is 4. The highest BCUT2D eigenvalue weighted by Gasteiger charge is 2.44. The van der Waals surface area contributed by atoms with Crippen LogP contribution < -0.4 is 0 Å². The topological polar surface area (TPSA) is 23.5 Å². The molecule has 3 rings (SSSR count). The Bertz CT molecular complexity index is 784. The molecule has 0 radical (unpaired) electrons. The van der Waals surface area contributed by atoms with E-state index in [1.807, 2.05) is 38.4 Å². The SMILES string of the molecule is Cc1cc(C2(O)C(=Cc3ccccc3)CCCC2CN(C)C)ccc1F. The van der Waals surface area contributed by atoms with Crippen molar-refractivity contribution in [1.29, 1.82) is 0 Å². The van der Waals surface area contributed by atoms with Crippen molar-refractivity contribution in [2.75, 3.05) is 20.6 Å². The average molecular weight is 353 g/mol. The summed E-state index contributed by atoms with van der Waals surface area (Å²) in [4.78, 5) is 2.12. The predicted octanol–water partition coefficient (Wildman–Crippen LogP) is 4.77. The second-order valence-corrected chi connectivity index (χ2v) is 7.66. The molecule has 0 heterocycles. The molecule has 1 aliphatic rings. The fraction of sp³-hybridized carbons (Fsp3) is 0.391. The molecule has 1 aliphatic carbocycles. The average Bonchev–Trinajstić information content (AvgIpc) is 2.61. The van der Waals surface area contributed by atoms with Gasteiger partial charge in [-0.3, -0.25) is 0 Å². The van der Waals surface area contributed by atoms with Crippen LogP contribution in [0.15, 0.2) is 54.1 Å². The number of benzene rings is 2. The van der Waals surface area contributed by atoms with Crippen LogP contribution in [0.3, 0.4) is 0 Å². The lowest BCUT2D eigenvalue weighted by atomic mass is 9.67. The van der Waals surface area contributed by atoms with Crippen molar-refractivity contribution in [1.82, 2.24) is 4.90 Å². The number of nitrogens with zero attached hydrogens (tertiary/aromatic N) is 1. The van der Waals surface area contributed by atoms with Crippen LogP contribution in [0.5, 0.6) is 0 Å². The molecular formula is C23H28FNO. The van der Waals surface area contributed by atoms with Crippen LogP contribution in [0, 0.1) is 18.7 Å². The van der Waals surface area contributed by atoms with Gasteiger partial charge in [-0.25, -0.2) is 4.39 Å². The van der Waals surface area contributed by atoms with Crippen molar-refractivity contribution < 1.29 is 9.50 Å². The van der Waals surface area contributed by atoms with E-state index in [1.165, 1.54) is 6.07 Å². The maximum atomic E-state index is 13.8. The predicted molar refractivity (Wildman–Crippen MR) is 105 cm³/mol. The van der Waals surface area contributed by atoms with Gasteiger partial charge in [0.2, 0.25) is 0 Å². The van der Waals surface area contributed by atoms with E-state index >= 15 is 0 Å². The Hall–Kier alpha value is -1.97. The third-order valence-corrected chi connectivity index (χ3v) is 5.40. The van der Waals surface area contributed by atoms with Gasteiger partial charge in [-0.05, 0) is 74.7 Å². The largest absolute Gasteiger partial charge is 0.380 e. The van der Waals surface area contributed by atoms with Crippen LogP contribution in [0.4, 0.5) is 4.39 Å². The summed E-state index contributed by atoms with van der Waals surface area (Å²) in [5, 5.41) is 12.0. The molecule has 1 N–H and O–H groups in total. The first kappa shape index (κ1) is 18.8. The first-order valence-electron chi connectivity index (χ1n) is 9.31. The number of aryl methyl sites for hydroxylation is 1. The molecule has 0 spiro atoms. The zero-order valence-electron chi connectivity index (χ0n) is 15.9. The van der Waals surface area contributed by atoms with Gasteiger partial charge in [0.1, 0.15) is 11.4 Å². The summed E-state index contributed by atoms with van der Waals surface area (Å²) in [5.74, 6) is -0.156. The molecule has 2 atom stereocenters. The zero-order chi connectivity index (χ0) is 18.7. The van der Waals surface area contributed by atoms with E-state index in [1.54, 1.807) is 13.0 Å². The Kier molecular flexibility index (Phi) is 5.59. The lowest BCUT2D eigenvalue weighted by molar-refractivity contribution is -0.0175. The highest BCUT2D eigenvalue weighted by atomic mass is 19.1. The Balaban J connectivity index is 2.12. The highest BCUT2D eigenvalue weighted by Crippen LogP contribution is 2.46. The monoisotopic (exact) mass is 353 g/mol. The fourth-order valence-electron chi connectivity index (χ4n) is 4.10. The molecule has 1 fully saturated rings. The highest BCUT2D eigenvalue weighted by molar-refractivity contribution is 5.57. The number of aliphatic hydroxyl groups is 1. The molecule has 0 aliphatic heterocycles. The van der Waals surface area contributed by atoms with Crippen LogP contribution in [0.2, 0.25) is 0 Å². The summed E-state index contributed by atoms with van der Waals surface area (Å²) in [6.45, 7) is 2.55. The van der Waals surface area contributed by atoms with Crippen molar-refractivity contribution in [3.63, 3.8) is 0 Å². The van der Waals surface area contributed by atoms with Crippen LogP contribution in [0.1, 0.15) is 36.0 Å². The van der Waals surface area contributed by atoms with Gasteiger partial charge >= 0.3 is 0 Å². The standard InChI is InChI=1S/C23H28FNO/c1-17-14-20(12-13-22(17)24)23(26)19(15-18-8-5-4-6-9-18)10-7-11-21(23)16-25(2)3/h4-6,8-9,12-15,21,26H,7,10-11,16H2,1-3H3. The summed E-state index contributed by atoms with van der Waals surface area (Å²) >= 11 is 0. The molecular weight excluding hydrogens is 325 g/mol. The summed E-state index contributed by atoms with van der Waals surface area (Å²) < 4.78 is 13.8. The fourth-order valence-corrected chi connectivity index (χ4v) is 4.10. The maximum absolute atomic E-state index is 13.8. The Labute approximate surface area is 156 Å². The van der Waals surface area contributed by atoms with Crippen molar-refractivity contribution in [2.45, 2.75) is 31.8 Å². The van der Waals surface area contributed by atoms with Gasteiger partial charge < -0.3 is 10.0 Å². The third-order valence-electron chi connectivity index (χ3n) is 5.40. The van der Waals surface area contributed by atoms with Crippen molar-refractivity contribution in [3.05, 3.63) is 76.6 Å². The number of halogens is 1. The molecule has 0 amide bonds. The number of hydrogen-bond acceptors (Lipinski definition) is 2. The van der Waals surface area contributed by atoms with E-state index in [-0.39, 0.29) is 11.7 Å². The maximum Gasteiger partial charge on any atom is 0.126 e. The Morgan fingerprint density at radius 2 is 1.92 bits per heavy atom. The zero-order valence-corrected chi connectivity index (χ0v) is 15.9. The van der Waals surface area contributed by atoms with Gasteiger partial charge in [-0.1, -0.05) is 42.5 Å². The van der Waals surface area contributed by atoms with E-state index in [4.69, 9.17) is 0 Å². The molecule has 138 valence electrons. The van der Waals surface area contributed by atoms with E-state index in [0.717, 1.165) is 42.5 Å². The molecule has 1 saturated carbocycles.